The topological polar surface area (TPSA) is 24.8 Å². The molecule has 1 fully saturated rings. The van der Waals surface area contributed by atoms with E-state index < -0.39 is 0 Å². The second-order valence-electron chi connectivity index (χ2n) is 4.72. The van der Waals surface area contributed by atoms with Crippen molar-refractivity contribution >= 4 is 11.9 Å². The molecule has 1 unspecified atom stereocenters. The number of nitrogens with zero attached hydrogens (tertiary/aromatic N) is 2. The summed E-state index contributed by atoms with van der Waals surface area (Å²) in [6, 6.07) is 6.52. The van der Waals surface area contributed by atoms with Crippen molar-refractivity contribution in [3.8, 4) is 0 Å². The van der Waals surface area contributed by atoms with Gasteiger partial charge in [-0.3, -0.25) is 4.99 Å². The zero-order chi connectivity index (χ0) is 11.7. The number of hydrogen-bond acceptors (Lipinski definition) is 3. The van der Waals surface area contributed by atoms with Gasteiger partial charge in [0.2, 0.25) is 0 Å². The summed E-state index contributed by atoms with van der Waals surface area (Å²) in [5.41, 5.74) is 4.13. The lowest BCUT2D eigenvalue weighted by molar-refractivity contribution is 0.121. The van der Waals surface area contributed by atoms with Gasteiger partial charge in [-0.1, -0.05) is 12.1 Å². The minimum Gasteiger partial charge on any atom is -0.380 e. The number of rotatable bonds is 2. The average Bonchev–Trinajstić information content (AvgIpc) is 2.87. The molecule has 2 aliphatic heterocycles. The van der Waals surface area contributed by atoms with Gasteiger partial charge in [0, 0.05) is 38.6 Å². The Bertz CT molecular complexity index is 442. The molecule has 0 amide bonds. The summed E-state index contributed by atoms with van der Waals surface area (Å²) in [6.45, 7) is 3.04. The standard InChI is InChI=1S/C14H18N2O/c1-17-12-6-8-16(10-12)14-4-2-3-11-9-15-7-5-13(11)14/h2-4,9,12H,5-8,10H2,1H3. The highest BCUT2D eigenvalue weighted by molar-refractivity contribution is 5.86. The molecule has 3 rings (SSSR count). The van der Waals surface area contributed by atoms with Gasteiger partial charge in [0.1, 0.15) is 0 Å². The molecule has 0 saturated carbocycles. The number of ether oxygens (including phenoxy) is 1. The number of benzene rings is 1. The summed E-state index contributed by atoms with van der Waals surface area (Å²) in [5.74, 6) is 0. The fraction of sp³-hybridized carbons (Fsp3) is 0.500. The van der Waals surface area contributed by atoms with Crippen LogP contribution < -0.4 is 4.90 Å². The molecule has 1 aromatic rings. The number of hydrogen-bond donors (Lipinski definition) is 0. The molecular formula is C14H18N2O. The molecule has 0 aromatic heterocycles. The van der Waals surface area contributed by atoms with E-state index >= 15 is 0 Å². The fourth-order valence-electron chi connectivity index (χ4n) is 2.76. The first-order valence-electron chi connectivity index (χ1n) is 6.28. The zero-order valence-electron chi connectivity index (χ0n) is 10.2. The van der Waals surface area contributed by atoms with Gasteiger partial charge in [-0.05, 0) is 30.0 Å². The van der Waals surface area contributed by atoms with E-state index in [2.05, 4.69) is 28.1 Å². The molecule has 17 heavy (non-hydrogen) atoms. The maximum Gasteiger partial charge on any atom is 0.0762 e. The van der Waals surface area contributed by atoms with Crippen molar-refractivity contribution in [2.45, 2.75) is 18.9 Å². The van der Waals surface area contributed by atoms with Crippen LogP contribution >= 0.6 is 0 Å². The van der Waals surface area contributed by atoms with E-state index in [1.807, 2.05) is 6.21 Å². The molecule has 2 aliphatic rings. The highest BCUT2D eigenvalue weighted by atomic mass is 16.5. The third-order valence-corrected chi connectivity index (χ3v) is 3.73. The molecule has 0 N–H and O–H groups in total. The number of anilines is 1. The van der Waals surface area contributed by atoms with Crippen molar-refractivity contribution in [1.29, 1.82) is 0 Å². The Morgan fingerprint density at radius 1 is 1.41 bits per heavy atom. The third-order valence-electron chi connectivity index (χ3n) is 3.73. The van der Waals surface area contributed by atoms with Crippen LogP contribution in [0, 0.1) is 0 Å². The molecule has 0 aliphatic carbocycles. The third kappa shape index (κ3) is 1.95. The molecule has 90 valence electrons. The van der Waals surface area contributed by atoms with Crippen LogP contribution in [0.2, 0.25) is 0 Å². The first-order valence-corrected chi connectivity index (χ1v) is 6.28. The van der Waals surface area contributed by atoms with Gasteiger partial charge < -0.3 is 9.64 Å². The smallest absolute Gasteiger partial charge is 0.0762 e. The zero-order valence-corrected chi connectivity index (χ0v) is 10.2. The monoisotopic (exact) mass is 230 g/mol. The Balaban J connectivity index is 1.91. The second-order valence-corrected chi connectivity index (χ2v) is 4.72. The van der Waals surface area contributed by atoms with E-state index in [-0.39, 0.29) is 0 Å². The first kappa shape index (κ1) is 10.8. The number of methoxy groups -OCH3 is 1. The summed E-state index contributed by atoms with van der Waals surface area (Å²) >= 11 is 0. The minimum atomic E-state index is 0.392. The van der Waals surface area contributed by atoms with E-state index in [0.717, 1.165) is 32.5 Å². The minimum absolute atomic E-state index is 0.392. The molecule has 2 heterocycles. The SMILES string of the molecule is COC1CCN(c2cccc3c2CCN=C3)C1. The summed E-state index contributed by atoms with van der Waals surface area (Å²) in [4.78, 5) is 6.80. The van der Waals surface area contributed by atoms with E-state index in [1.165, 1.54) is 16.8 Å². The highest BCUT2D eigenvalue weighted by Gasteiger charge is 2.24. The molecule has 1 saturated heterocycles. The Morgan fingerprint density at radius 3 is 3.18 bits per heavy atom. The predicted molar refractivity (Wildman–Crippen MR) is 70.2 cm³/mol. The van der Waals surface area contributed by atoms with Crippen molar-refractivity contribution in [3.63, 3.8) is 0 Å². The molecule has 3 nitrogen and oxygen atoms in total. The quantitative estimate of drug-likeness (QED) is 0.775. The predicted octanol–water partition coefficient (Wildman–Crippen LogP) is 1.89. The molecule has 0 spiro atoms. The summed E-state index contributed by atoms with van der Waals surface area (Å²) in [7, 11) is 1.81. The van der Waals surface area contributed by atoms with Crippen LogP contribution in [0.4, 0.5) is 5.69 Å². The second kappa shape index (κ2) is 4.49. The van der Waals surface area contributed by atoms with Crippen LogP contribution in [0.3, 0.4) is 0 Å². The lowest BCUT2D eigenvalue weighted by Gasteiger charge is -2.24. The van der Waals surface area contributed by atoms with Gasteiger partial charge in [-0.25, -0.2) is 0 Å². The van der Waals surface area contributed by atoms with E-state index in [9.17, 15) is 0 Å². The lowest BCUT2D eigenvalue weighted by atomic mass is 10.0. The maximum atomic E-state index is 5.44. The number of aliphatic imine (C=N–C) groups is 1. The van der Waals surface area contributed by atoms with Gasteiger partial charge in [-0.15, -0.1) is 0 Å². The van der Waals surface area contributed by atoms with Crippen LogP contribution in [-0.4, -0.2) is 39.1 Å². The van der Waals surface area contributed by atoms with Gasteiger partial charge >= 0.3 is 0 Å². The van der Waals surface area contributed by atoms with Crippen LogP contribution in [-0.2, 0) is 11.2 Å². The number of fused-ring (bicyclic) bond motifs is 1. The van der Waals surface area contributed by atoms with Gasteiger partial charge in [0.25, 0.3) is 0 Å². The highest BCUT2D eigenvalue weighted by Crippen LogP contribution is 2.29. The van der Waals surface area contributed by atoms with Gasteiger partial charge in [-0.2, -0.15) is 0 Å². The van der Waals surface area contributed by atoms with Crippen molar-refractivity contribution in [3.05, 3.63) is 29.3 Å². The largest absolute Gasteiger partial charge is 0.380 e. The first-order chi connectivity index (χ1) is 8.38. The van der Waals surface area contributed by atoms with Gasteiger partial charge in [0.15, 0.2) is 0 Å². The van der Waals surface area contributed by atoms with Crippen LogP contribution in [0.5, 0.6) is 0 Å². The van der Waals surface area contributed by atoms with E-state index in [0.29, 0.717) is 6.10 Å². The molecule has 0 radical (unpaired) electrons. The lowest BCUT2D eigenvalue weighted by Crippen LogP contribution is -2.24. The molecule has 0 bridgehead atoms. The Morgan fingerprint density at radius 2 is 2.35 bits per heavy atom. The summed E-state index contributed by atoms with van der Waals surface area (Å²) in [5, 5.41) is 0. The summed E-state index contributed by atoms with van der Waals surface area (Å²) in [6.07, 6.45) is 4.60. The Kier molecular flexibility index (Phi) is 2.85. The summed E-state index contributed by atoms with van der Waals surface area (Å²) < 4.78 is 5.44. The van der Waals surface area contributed by atoms with E-state index in [4.69, 9.17) is 4.74 Å². The van der Waals surface area contributed by atoms with Crippen molar-refractivity contribution in [1.82, 2.24) is 0 Å². The Labute approximate surface area is 102 Å². The molecule has 1 atom stereocenters. The van der Waals surface area contributed by atoms with E-state index in [1.54, 1.807) is 7.11 Å². The molecule has 1 aromatic carbocycles. The van der Waals surface area contributed by atoms with Crippen molar-refractivity contribution in [2.75, 3.05) is 31.6 Å². The van der Waals surface area contributed by atoms with Crippen molar-refractivity contribution in [2.24, 2.45) is 4.99 Å². The van der Waals surface area contributed by atoms with Crippen LogP contribution in [0.25, 0.3) is 0 Å². The van der Waals surface area contributed by atoms with Crippen LogP contribution in [0.15, 0.2) is 23.2 Å². The molecular weight excluding hydrogens is 212 g/mol. The normalized spacial score (nSPS) is 22.9. The van der Waals surface area contributed by atoms with Crippen LogP contribution in [0.1, 0.15) is 17.5 Å². The van der Waals surface area contributed by atoms with Crippen molar-refractivity contribution < 1.29 is 4.74 Å². The molecule has 3 heteroatoms. The maximum absolute atomic E-state index is 5.44. The van der Waals surface area contributed by atoms with Gasteiger partial charge in [0.05, 0.1) is 6.10 Å². The fourth-order valence-corrected chi connectivity index (χ4v) is 2.76. The Hall–Kier alpha value is -1.35. The average molecular weight is 230 g/mol.